The first kappa shape index (κ1) is 17.7. The smallest absolute Gasteiger partial charge is 0.256 e. The van der Waals surface area contributed by atoms with Crippen molar-refractivity contribution in [2.75, 3.05) is 18.4 Å². The number of aromatic nitrogens is 2. The summed E-state index contributed by atoms with van der Waals surface area (Å²) in [7, 11) is 0. The fourth-order valence-corrected chi connectivity index (χ4v) is 2.45. The Morgan fingerprint density at radius 2 is 1.71 bits per heavy atom. The number of rotatable bonds is 7. The molecule has 0 saturated carbocycles. The Morgan fingerprint density at radius 3 is 2.29 bits per heavy atom. The van der Waals surface area contributed by atoms with Gasteiger partial charge < -0.3 is 14.8 Å². The maximum Gasteiger partial charge on any atom is 0.256 e. The molecule has 128 valence electrons. The topological polar surface area (TPSA) is 67.2 Å². The lowest BCUT2D eigenvalue weighted by atomic mass is 10.1. The van der Waals surface area contributed by atoms with Crippen LogP contribution in [-0.4, -0.2) is 39.4 Å². The average Bonchev–Trinajstić information content (AvgIpc) is 3.03. The number of carbonyl (C=O) groups excluding carboxylic acids is 2. The first-order chi connectivity index (χ1) is 11.6. The zero-order valence-corrected chi connectivity index (χ0v) is 14.5. The standard InChI is InChI=1S/C18H24N4O2/c1-4-11-21-12-16(19-13-21)20-17(23)14-7-9-15(10-8-14)18(24)22(5-2)6-3/h7-10,12-13H,4-6,11H2,1-3H3,(H,20,23). The van der Waals surface area contributed by atoms with Gasteiger partial charge in [0, 0.05) is 37.0 Å². The highest BCUT2D eigenvalue weighted by atomic mass is 16.2. The summed E-state index contributed by atoms with van der Waals surface area (Å²) in [6.07, 6.45) is 4.51. The maximum absolute atomic E-state index is 12.3. The molecule has 0 atom stereocenters. The van der Waals surface area contributed by atoms with Crippen molar-refractivity contribution in [1.82, 2.24) is 14.5 Å². The van der Waals surface area contributed by atoms with Gasteiger partial charge in [0.05, 0.1) is 6.33 Å². The van der Waals surface area contributed by atoms with Gasteiger partial charge in [0.15, 0.2) is 5.82 Å². The number of anilines is 1. The van der Waals surface area contributed by atoms with Crippen molar-refractivity contribution in [2.45, 2.75) is 33.7 Å². The van der Waals surface area contributed by atoms with Gasteiger partial charge in [-0.15, -0.1) is 0 Å². The molecule has 2 rings (SSSR count). The molecule has 1 heterocycles. The first-order valence-electron chi connectivity index (χ1n) is 8.31. The van der Waals surface area contributed by atoms with Crippen molar-refractivity contribution in [2.24, 2.45) is 0 Å². The Hall–Kier alpha value is -2.63. The summed E-state index contributed by atoms with van der Waals surface area (Å²) in [5, 5.41) is 2.76. The number of aryl methyl sites for hydroxylation is 1. The molecule has 0 aliphatic heterocycles. The van der Waals surface area contributed by atoms with Crippen LogP contribution in [-0.2, 0) is 6.54 Å². The third kappa shape index (κ3) is 4.22. The molecule has 0 spiro atoms. The molecule has 0 fully saturated rings. The molecule has 0 unspecified atom stereocenters. The molecule has 0 radical (unpaired) electrons. The summed E-state index contributed by atoms with van der Waals surface area (Å²) in [6.45, 7) is 8.17. The quantitative estimate of drug-likeness (QED) is 0.849. The molecule has 2 aromatic rings. The normalized spacial score (nSPS) is 10.5. The highest BCUT2D eigenvalue weighted by Crippen LogP contribution is 2.11. The monoisotopic (exact) mass is 328 g/mol. The average molecular weight is 328 g/mol. The van der Waals surface area contributed by atoms with Gasteiger partial charge >= 0.3 is 0 Å². The summed E-state index contributed by atoms with van der Waals surface area (Å²) in [5.74, 6) is 0.264. The predicted molar refractivity (Wildman–Crippen MR) is 94.2 cm³/mol. The lowest BCUT2D eigenvalue weighted by molar-refractivity contribution is 0.0772. The van der Waals surface area contributed by atoms with Gasteiger partial charge in [-0.2, -0.15) is 0 Å². The van der Waals surface area contributed by atoms with E-state index in [1.807, 2.05) is 18.4 Å². The van der Waals surface area contributed by atoms with Crippen LogP contribution in [0.5, 0.6) is 0 Å². The van der Waals surface area contributed by atoms with Gasteiger partial charge in [-0.3, -0.25) is 9.59 Å². The van der Waals surface area contributed by atoms with E-state index >= 15 is 0 Å². The lowest BCUT2D eigenvalue weighted by Gasteiger charge is -2.18. The molecule has 2 amide bonds. The summed E-state index contributed by atoms with van der Waals surface area (Å²) >= 11 is 0. The van der Waals surface area contributed by atoms with Crippen LogP contribution in [0.3, 0.4) is 0 Å². The van der Waals surface area contributed by atoms with Gasteiger partial charge in [-0.1, -0.05) is 6.92 Å². The zero-order valence-electron chi connectivity index (χ0n) is 14.5. The number of nitrogens with one attached hydrogen (secondary N) is 1. The van der Waals surface area contributed by atoms with Gasteiger partial charge in [-0.25, -0.2) is 4.98 Å². The van der Waals surface area contributed by atoms with Gasteiger partial charge in [0.25, 0.3) is 11.8 Å². The van der Waals surface area contributed by atoms with Crippen LogP contribution in [0.25, 0.3) is 0 Å². The van der Waals surface area contributed by atoms with Crippen LogP contribution in [0.15, 0.2) is 36.8 Å². The predicted octanol–water partition coefficient (Wildman–Crippen LogP) is 3.03. The molecular formula is C18H24N4O2. The minimum atomic E-state index is -0.237. The van der Waals surface area contributed by atoms with Crippen molar-refractivity contribution in [3.05, 3.63) is 47.9 Å². The first-order valence-corrected chi connectivity index (χ1v) is 8.31. The Labute approximate surface area is 142 Å². The van der Waals surface area contributed by atoms with Crippen LogP contribution >= 0.6 is 0 Å². The molecule has 1 aromatic carbocycles. The van der Waals surface area contributed by atoms with E-state index in [0.717, 1.165) is 13.0 Å². The molecule has 24 heavy (non-hydrogen) atoms. The summed E-state index contributed by atoms with van der Waals surface area (Å²) in [6, 6.07) is 6.70. The van der Waals surface area contributed by atoms with Crippen LogP contribution in [0, 0.1) is 0 Å². The van der Waals surface area contributed by atoms with E-state index in [1.165, 1.54) is 0 Å². The van der Waals surface area contributed by atoms with Crippen LogP contribution in [0.2, 0.25) is 0 Å². The molecule has 0 aliphatic rings. The van der Waals surface area contributed by atoms with E-state index in [4.69, 9.17) is 0 Å². The molecule has 1 N–H and O–H groups in total. The van der Waals surface area contributed by atoms with E-state index in [1.54, 1.807) is 41.7 Å². The molecule has 0 saturated heterocycles. The number of imidazole rings is 1. The highest BCUT2D eigenvalue weighted by molar-refractivity contribution is 6.04. The van der Waals surface area contributed by atoms with E-state index < -0.39 is 0 Å². The van der Waals surface area contributed by atoms with Crippen molar-refractivity contribution in [1.29, 1.82) is 0 Å². The van der Waals surface area contributed by atoms with Crippen molar-refractivity contribution in [3.63, 3.8) is 0 Å². The zero-order chi connectivity index (χ0) is 17.5. The Kier molecular flexibility index (Phi) is 6.12. The molecule has 6 nitrogen and oxygen atoms in total. The van der Waals surface area contributed by atoms with Gasteiger partial charge in [0.1, 0.15) is 0 Å². The lowest BCUT2D eigenvalue weighted by Crippen LogP contribution is -2.30. The van der Waals surface area contributed by atoms with Crippen molar-refractivity contribution in [3.8, 4) is 0 Å². The number of hydrogen-bond donors (Lipinski definition) is 1. The number of benzene rings is 1. The van der Waals surface area contributed by atoms with Crippen LogP contribution < -0.4 is 5.32 Å². The molecule has 0 aliphatic carbocycles. The van der Waals surface area contributed by atoms with E-state index in [9.17, 15) is 9.59 Å². The number of amides is 2. The third-order valence-corrected chi connectivity index (χ3v) is 3.80. The number of hydrogen-bond acceptors (Lipinski definition) is 3. The second kappa shape index (κ2) is 8.29. The second-order valence-corrected chi connectivity index (χ2v) is 5.51. The minimum Gasteiger partial charge on any atom is -0.339 e. The molecule has 6 heteroatoms. The minimum absolute atomic E-state index is 0.0229. The summed E-state index contributed by atoms with van der Waals surface area (Å²) in [5.41, 5.74) is 1.08. The summed E-state index contributed by atoms with van der Waals surface area (Å²) in [4.78, 5) is 30.4. The largest absolute Gasteiger partial charge is 0.339 e. The molecular weight excluding hydrogens is 304 g/mol. The number of nitrogens with zero attached hydrogens (tertiary/aromatic N) is 3. The molecule has 0 bridgehead atoms. The summed E-state index contributed by atoms with van der Waals surface area (Å²) < 4.78 is 1.93. The second-order valence-electron chi connectivity index (χ2n) is 5.51. The van der Waals surface area contributed by atoms with Crippen LogP contribution in [0.1, 0.15) is 47.9 Å². The van der Waals surface area contributed by atoms with E-state index in [0.29, 0.717) is 30.0 Å². The van der Waals surface area contributed by atoms with E-state index in [2.05, 4.69) is 17.2 Å². The third-order valence-electron chi connectivity index (χ3n) is 3.80. The SMILES string of the molecule is CCCn1cnc(NC(=O)c2ccc(C(=O)N(CC)CC)cc2)c1. The van der Waals surface area contributed by atoms with Crippen molar-refractivity contribution >= 4 is 17.6 Å². The molecule has 1 aromatic heterocycles. The maximum atomic E-state index is 12.3. The Morgan fingerprint density at radius 1 is 1.08 bits per heavy atom. The Bertz CT molecular complexity index is 687. The van der Waals surface area contributed by atoms with E-state index in [-0.39, 0.29) is 11.8 Å². The van der Waals surface area contributed by atoms with Gasteiger partial charge in [0.2, 0.25) is 0 Å². The fraction of sp³-hybridized carbons (Fsp3) is 0.389. The Balaban J connectivity index is 2.03. The van der Waals surface area contributed by atoms with Gasteiger partial charge in [-0.05, 0) is 44.5 Å². The highest BCUT2D eigenvalue weighted by Gasteiger charge is 2.14. The number of carbonyl (C=O) groups is 2. The fourth-order valence-electron chi connectivity index (χ4n) is 2.45. The van der Waals surface area contributed by atoms with Crippen LogP contribution in [0.4, 0.5) is 5.82 Å². The van der Waals surface area contributed by atoms with Crippen molar-refractivity contribution < 1.29 is 9.59 Å².